The molecule has 1 saturated heterocycles. The van der Waals surface area contributed by atoms with Crippen molar-refractivity contribution >= 4 is 29.5 Å². The average Bonchev–Trinajstić information content (AvgIpc) is 3.25. The van der Waals surface area contributed by atoms with Gasteiger partial charge in [-0.15, -0.1) is 11.8 Å². The van der Waals surface area contributed by atoms with Gasteiger partial charge in [-0.2, -0.15) is 0 Å². The molecule has 2 aliphatic rings. The number of aliphatic hydroxyl groups is 1. The van der Waals surface area contributed by atoms with Gasteiger partial charge in [0.25, 0.3) is 11.8 Å². The molecule has 4 N–H and O–H groups in total. The predicted molar refractivity (Wildman–Crippen MR) is 152 cm³/mol. The summed E-state index contributed by atoms with van der Waals surface area (Å²) in [5.41, 5.74) is 1.49. The summed E-state index contributed by atoms with van der Waals surface area (Å²) in [7, 11) is 0. The Hall–Kier alpha value is -3.30. The first-order chi connectivity index (χ1) is 18.6. The van der Waals surface area contributed by atoms with E-state index in [1.165, 1.54) is 22.7 Å². The van der Waals surface area contributed by atoms with E-state index in [1.54, 1.807) is 19.1 Å². The van der Waals surface area contributed by atoms with E-state index in [1.807, 2.05) is 50.3 Å². The standard InChI is InChI=1S/C30H37N3O5S/c1-19-22(15-10-16-24(19)34)27(36)32-23(17-20-11-6-4-7-12-20)25(35)29(38)33-18-39-30(2,3)26(33)28(37)31-21-13-8-5-9-14-21/h4,6-8,10-13,15-16,21,23,25-26,34-35H,5,9,14,17-18H2,1-3H3,(H,31,37)(H,32,36). The topological polar surface area (TPSA) is 119 Å². The highest BCUT2D eigenvalue weighted by molar-refractivity contribution is 8.00. The van der Waals surface area contributed by atoms with Crippen LogP contribution >= 0.6 is 11.8 Å². The Morgan fingerprint density at radius 3 is 2.56 bits per heavy atom. The average molecular weight is 552 g/mol. The molecule has 39 heavy (non-hydrogen) atoms. The molecule has 2 aromatic rings. The van der Waals surface area contributed by atoms with Crippen LogP contribution in [-0.2, 0) is 16.0 Å². The fraction of sp³-hybridized carbons (Fsp3) is 0.433. The van der Waals surface area contributed by atoms with Crippen LogP contribution in [-0.4, -0.2) is 67.7 Å². The Bertz CT molecular complexity index is 1230. The maximum absolute atomic E-state index is 13.8. The predicted octanol–water partition coefficient (Wildman–Crippen LogP) is 3.31. The second kappa shape index (κ2) is 12.3. The van der Waals surface area contributed by atoms with Gasteiger partial charge in [0.2, 0.25) is 5.91 Å². The zero-order valence-electron chi connectivity index (χ0n) is 22.6. The third-order valence-electron chi connectivity index (χ3n) is 7.46. The van der Waals surface area contributed by atoms with Gasteiger partial charge in [-0.1, -0.05) is 48.6 Å². The van der Waals surface area contributed by atoms with Gasteiger partial charge in [0, 0.05) is 21.9 Å². The van der Waals surface area contributed by atoms with Gasteiger partial charge in [-0.3, -0.25) is 14.4 Å². The fourth-order valence-electron chi connectivity index (χ4n) is 5.17. The summed E-state index contributed by atoms with van der Waals surface area (Å²) in [5.74, 6) is -1.14. The molecule has 1 aliphatic heterocycles. The fourth-order valence-corrected chi connectivity index (χ4v) is 6.31. The highest BCUT2D eigenvalue weighted by atomic mass is 32.2. The van der Waals surface area contributed by atoms with Crippen LogP contribution in [0.3, 0.4) is 0 Å². The second-order valence-electron chi connectivity index (χ2n) is 10.7. The number of allylic oxidation sites excluding steroid dienone is 1. The van der Waals surface area contributed by atoms with Crippen LogP contribution in [0.4, 0.5) is 0 Å². The zero-order chi connectivity index (χ0) is 28.2. The molecular weight excluding hydrogens is 514 g/mol. The SMILES string of the molecule is Cc1c(O)cccc1C(=O)NC(Cc1ccccc1)C(O)C(=O)N1CSC(C)(C)C1C(=O)NC1C=CCCC1. The first-order valence-electron chi connectivity index (χ1n) is 13.3. The number of phenolic OH excluding ortho intramolecular Hbond substituents is 1. The summed E-state index contributed by atoms with van der Waals surface area (Å²) in [6, 6.07) is 12.1. The zero-order valence-corrected chi connectivity index (χ0v) is 23.4. The van der Waals surface area contributed by atoms with Crippen LogP contribution in [0.2, 0.25) is 0 Å². The number of thioether (sulfide) groups is 1. The van der Waals surface area contributed by atoms with Gasteiger partial charge in [0.05, 0.1) is 11.9 Å². The molecule has 0 aromatic heterocycles. The quantitative estimate of drug-likeness (QED) is 0.374. The maximum atomic E-state index is 13.8. The van der Waals surface area contributed by atoms with Crippen molar-refractivity contribution in [3.05, 3.63) is 77.4 Å². The summed E-state index contributed by atoms with van der Waals surface area (Å²) >= 11 is 1.48. The number of aliphatic hydroxyl groups excluding tert-OH is 1. The van der Waals surface area contributed by atoms with Gasteiger partial charge in [0.1, 0.15) is 11.8 Å². The molecule has 9 heteroatoms. The minimum absolute atomic E-state index is 0.0168. The third-order valence-corrected chi connectivity index (χ3v) is 8.83. The van der Waals surface area contributed by atoms with Gasteiger partial charge in [-0.05, 0) is 64.2 Å². The minimum Gasteiger partial charge on any atom is -0.508 e. The van der Waals surface area contributed by atoms with Crippen molar-refractivity contribution < 1.29 is 24.6 Å². The van der Waals surface area contributed by atoms with Crippen LogP contribution < -0.4 is 10.6 Å². The Morgan fingerprint density at radius 2 is 1.87 bits per heavy atom. The number of aromatic hydroxyl groups is 1. The molecule has 1 aliphatic carbocycles. The molecule has 0 bridgehead atoms. The van der Waals surface area contributed by atoms with Gasteiger partial charge >= 0.3 is 0 Å². The Balaban J connectivity index is 1.57. The van der Waals surface area contributed by atoms with E-state index >= 15 is 0 Å². The first kappa shape index (κ1) is 28.7. The Kier molecular flexibility index (Phi) is 9.02. The third kappa shape index (κ3) is 6.65. The number of phenols is 1. The van der Waals surface area contributed by atoms with E-state index in [-0.39, 0.29) is 35.6 Å². The first-order valence-corrected chi connectivity index (χ1v) is 14.3. The number of benzene rings is 2. The van der Waals surface area contributed by atoms with Crippen LogP contribution in [0, 0.1) is 6.92 Å². The van der Waals surface area contributed by atoms with E-state index in [4.69, 9.17) is 0 Å². The minimum atomic E-state index is -1.59. The van der Waals surface area contributed by atoms with Gasteiger partial charge in [0.15, 0.2) is 6.10 Å². The molecule has 0 saturated carbocycles. The number of rotatable bonds is 8. The van der Waals surface area contributed by atoms with Crippen molar-refractivity contribution in [3.8, 4) is 5.75 Å². The Morgan fingerprint density at radius 1 is 1.13 bits per heavy atom. The van der Waals surface area contributed by atoms with Crippen molar-refractivity contribution in [2.75, 3.05) is 5.88 Å². The molecule has 0 spiro atoms. The normalized spacial score (nSPS) is 21.7. The van der Waals surface area contributed by atoms with Crippen molar-refractivity contribution in [2.45, 2.75) is 75.4 Å². The molecule has 2 aromatic carbocycles. The number of carbonyl (C=O) groups excluding carboxylic acids is 3. The summed E-state index contributed by atoms with van der Waals surface area (Å²) in [6.45, 7) is 5.48. The van der Waals surface area contributed by atoms with Crippen LogP contribution in [0.5, 0.6) is 5.75 Å². The number of nitrogens with zero attached hydrogens (tertiary/aromatic N) is 1. The lowest BCUT2D eigenvalue weighted by atomic mass is 9.96. The monoisotopic (exact) mass is 551 g/mol. The van der Waals surface area contributed by atoms with E-state index < -0.39 is 34.7 Å². The molecule has 208 valence electrons. The van der Waals surface area contributed by atoms with Crippen molar-refractivity contribution in [2.24, 2.45) is 0 Å². The van der Waals surface area contributed by atoms with Crippen LogP contribution in [0.1, 0.15) is 54.6 Å². The van der Waals surface area contributed by atoms with E-state index in [0.29, 0.717) is 5.56 Å². The number of nitrogens with one attached hydrogen (secondary N) is 2. The van der Waals surface area contributed by atoms with Gasteiger partial charge in [-0.25, -0.2) is 0 Å². The van der Waals surface area contributed by atoms with Crippen LogP contribution in [0.25, 0.3) is 0 Å². The van der Waals surface area contributed by atoms with E-state index in [0.717, 1.165) is 24.8 Å². The molecule has 4 atom stereocenters. The van der Waals surface area contributed by atoms with E-state index in [2.05, 4.69) is 16.7 Å². The lowest BCUT2D eigenvalue weighted by molar-refractivity contribution is -0.147. The maximum Gasteiger partial charge on any atom is 0.254 e. The molecular formula is C30H37N3O5S. The summed E-state index contributed by atoms with van der Waals surface area (Å²) in [5, 5.41) is 27.4. The lowest BCUT2D eigenvalue weighted by Crippen LogP contribution is -2.59. The number of hydrogen-bond donors (Lipinski definition) is 4. The summed E-state index contributed by atoms with van der Waals surface area (Å²) in [6.07, 6.45) is 5.48. The largest absolute Gasteiger partial charge is 0.508 e. The summed E-state index contributed by atoms with van der Waals surface area (Å²) in [4.78, 5) is 41.9. The smallest absolute Gasteiger partial charge is 0.254 e. The number of amides is 3. The van der Waals surface area contributed by atoms with Gasteiger partial charge < -0.3 is 25.7 Å². The molecule has 8 nitrogen and oxygen atoms in total. The van der Waals surface area contributed by atoms with E-state index in [9.17, 15) is 24.6 Å². The molecule has 3 amide bonds. The Labute approximate surface area is 233 Å². The second-order valence-corrected chi connectivity index (χ2v) is 12.3. The molecule has 0 radical (unpaired) electrons. The number of carbonyl (C=O) groups is 3. The molecule has 4 rings (SSSR count). The van der Waals surface area contributed by atoms with Crippen molar-refractivity contribution in [1.29, 1.82) is 0 Å². The van der Waals surface area contributed by atoms with Crippen LogP contribution in [0.15, 0.2) is 60.7 Å². The molecule has 1 heterocycles. The van der Waals surface area contributed by atoms with Crippen molar-refractivity contribution in [3.63, 3.8) is 0 Å². The number of hydrogen-bond acceptors (Lipinski definition) is 6. The summed E-state index contributed by atoms with van der Waals surface area (Å²) < 4.78 is -0.561. The highest BCUT2D eigenvalue weighted by Crippen LogP contribution is 2.40. The highest BCUT2D eigenvalue weighted by Gasteiger charge is 2.50. The lowest BCUT2D eigenvalue weighted by Gasteiger charge is -2.34. The molecule has 4 unspecified atom stereocenters. The molecule has 1 fully saturated rings. The van der Waals surface area contributed by atoms with Crippen molar-refractivity contribution in [1.82, 2.24) is 15.5 Å².